The average molecular weight is 498 g/mol. The van der Waals surface area contributed by atoms with E-state index in [1.54, 1.807) is 24.3 Å². The van der Waals surface area contributed by atoms with Gasteiger partial charge in [-0.2, -0.15) is 0 Å². The number of ketones is 1. The van der Waals surface area contributed by atoms with Crippen LogP contribution < -0.4 is 10.6 Å². The first-order valence-corrected chi connectivity index (χ1v) is 13.6. The van der Waals surface area contributed by atoms with Crippen LogP contribution in [0.1, 0.15) is 114 Å². The molecule has 1 aromatic heterocycles. The van der Waals surface area contributed by atoms with Crippen LogP contribution in [0.3, 0.4) is 0 Å². The second kappa shape index (κ2) is 17.4. The van der Waals surface area contributed by atoms with Crippen LogP contribution >= 0.6 is 0 Å². The van der Waals surface area contributed by atoms with Gasteiger partial charge in [-0.3, -0.25) is 14.9 Å². The Morgan fingerprint density at radius 3 is 1.97 bits per heavy atom. The molecule has 1 aromatic carbocycles. The van der Waals surface area contributed by atoms with E-state index in [-0.39, 0.29) is 23.1 Å². The largest absolute Gasteiger partial charge is 0.364 e. The molecule has 0 aliphatic carbocycles. The first kappa shape index (κ1) is 29.2. The third kappa shape index (κ3) is 11.1. The van der Waals surface area contributed by atoms with Crippen LogP contribution in [0.2, 0.25) is 0 Å². The Balaban J connectivity index is 1.67. The summed E-state index contributed by atoms with van der Waals surface area (Å²) in [7, 11) is 0. The lowest BCUT2D eigenvalue weighted by Gasteiger charge is -2.10. The van der Waals surface area contributed by atoms with Gasteiger partial charge in [0, 0.05) is 17.8 Å². The van der Waals surface area contributed by atoms with Crippen molar-refractivity contribution in [3.05, 3.63) is 46.3 Å². The molecule has 0 bridgehead atoms. The molecule has 0 radical (unpaired) electrons. The molecule has 0 aliphatic rings. The zero-order chi connectivity index (χ0) is 26.0. The fourth-order valence-corrected chi connectivity index (χ4v) is 4.25. The molecule has 0 spiro atoms. The number of Topliss-reactive ketones (excluding diaryl/α,β-unsaturated/α-hetero) is 1. The summed E-state index contributed by atoms with van der Waals surface area (Å²) < 4.78 is 0. The molecule has 1 heterocycles. The van der Waals surface area contributed by atoms with E-state index in [2.05, 4.69) is 27.5 Å². The minimum Gasteiger partial charge on any atom is -0.364 e. The van der Waals surface area contributed by atoms with Crippen molar-refractivity contribution in [3.63, 3.8) is 0 Å². The molecule has 0 unspecified atom stereocenters. The van der Waals surface area contributed by atoms with E-state index in [0.29, 0.717) is 17.8 Å². The van der Waals surface area contributed by atoms with E-state index in [1.807, 2.05) is 0 Å². The summed E-state index contributed by atoms with van der Waals surface area (Å²) in [5, 5.41) is 17.8. The van der Waals surface area contributed by atoms with Crippen molar-refractivity contribution in [1.29, 1.82) is 0 Å². The topological polar surface area (TPSA) is 110 Å². The Kier molecular flexibility index (Phi) is 14.1. The van der Waals surface area contributed by atoms with Gasteiger partial charge in [0.05, 0.1) is 4.92 Å². The van der Waals surface area contributed by atoms with Crippen LogP contribution in [0.4, 0.5) is 23.0 Å². The van der Waals surface area contributed by atoms with Crippen molar-refractivity contribution < 1.29 is 9.72 Å². The summed E-state index contributed by atoms with van der Waals surface area (Å²) in [6.07, 6.45) is 19.3. The molecule has 0 aliphatic heterocycles. The standard InChI is InChI=1S/C28H43N5O3/c1-3-4-5-6-7-8-9-10-11-12-13-14-15-16-20-29-27-26(33(35)36)28(31-22-30-27)32-25-19-17-18-24(21-25)23(2)34/h17-19,21-22H,3-16,20H2,1-2H3,(H2,29,30,31,32). The number of hydrogen-bond acceptors (Lipinski definition) is 7. The fourth-order valence-electron chi connectivity index (χ4n) is 4.25. The highest BCUT2D eigenvalue weighted by Gasteiger charge is 2.23. The molecular weight excluding hydrogens is 454 g/mol. The van der Waals surface area contributed by atoms with Crippen molar-refractivity contribution in [2.45, 2.75) is 104 Å². The lowest BCUT2D eigenvalue weighted by atomic mass is 10.0. The van der Waals surface area contributed by atoms with E-state index in [9.17, 15) is 14.9 Å². The molecule has 198 valence electrons. The second-order valence-corrected chi connectivity index (χ2v) is 9.46. The first-order valence-electron chi connectivity index (χ1n) is 13.6. The lowest BCUT2D eigenvalue weighted by molar-refractivity contribution is -0.383. The van der Waals surface area contributed by atoms with Crippen molar-refractivity contribution in [1.82, 2.24) is 9.97 Å². The highest BCUT2D eigenvalue weighted by molar-refractivity contribution is 5.95. The normalized spacial score (nSPS) is 10.8. The molecule has 8 heteroatoms. The molecular formula is C28H43N5O3. The van der Waals surface area contributed by atoms with Crippen LogP contribution in [-0.2, 0) is 0 Å². The molecule has 0 fully saturated rings. The number of nitro groups is 1. The zero-order valence-electron chi connectivity index (χ0n) is 22.1. The second-order valence-electron chi connectivity index (χ2n) is 9.46. The van der Waals surface area contributed by atoms with Gasteiger partial charge in [-0.25, -0.2) is 9.97 Å². The third-order valence-electron chi connectivity index (χ3n) is 6.36. The van der Waals surface area contributed by atoms with E-state index in [4.69, 9.17) is 0 Å². The Labute approximate surface area is 215 Å². The molecule has 2 aromatic rings. The van der Waals surface area contributed by atoms with Gasteiger partial charge in [-0.15, -0.1) is 0 Å². The third-order valence-corrected chi connectivity index (χ3v) is 6.36. The molecule has 0 atom stereocenters. The van der Waals surface area contributed by atoms with Gasteiger partial charge >= 0.3 is 5.69 Å². The highest BCUT2D eigenvalue weighted by atomic mass is 16.6. The van der Waals surface area contributed by atoms with Crippen LogP contribution in [0.5, 0.6) is 0 Å². The molecule has 0 saturated heterocycles. The lowest BCUT2D eigenvalue weighted by Crippen LogP contribution is -2.09. The molecule has 0 amide bonds. The quantitative estimate of drug-likeness (QED) is 0.0820. The van der Waals surface area contributed by atoms with Crippen LogP contribution in [-0.4, -0.2) is 27.2 Å². The maximum absolute atomic E-state index is 11.8. The van der Waals surface area contributed by atoms with Gasteiger partial charge in [0.25, 0.3) is 0 Å². The summed E-state index contributed by atoms with van der Waals surface area (Å²) in [6.45, 7) is 4.36. The van der Waals surface area contributed by atoms with Gasteiger partial charge in [-0.1, -0.05) is 103 Å². The summed E-state index contributed by atoms with van der Waals surface area (Å²) in [4.78, 5) is 31.1. The smallest absolute Gasteiger partial charge is 0.353 e. The number of anilines is 3. The van der Waals surface area contributed by atoms with Crippen LogP contribution in [0.15, 0.2) is 30.6 Å². The van der Waals surface area contributed by atoms with Crippen LogP contribution in [0, 0.1) is 10.1 Å². The number of carbonyl (C=O) groups is 1. The Morgan fingerprint density at radius 2 is 1.42 bits per heavy atom. The van der Waals surface area contributed by atoms with Crippen molar-refractivity contribution in [2.24, 2.45) is 0 Å². The van der Waals surface area contributed by atoms with Crippen molar-refractivity contribution >= 4 is 28.8 Å². The van der Waals surface area contributed by atoms with Gasteiger partial charge in [0.15, 0.2) is 5.78 Å². The van der Waals surface area contributed by atoms with Crippen molar-refractivity contribution in [3.8, 4) is 0 Å². The van der Waals surface area contributed by atoms with Crippen molar-refractivity contribution in [2.75, 3.05) is 17.2 Å². The summed E-state index contributed by atoms with van der Waals surface area (Å²) >= 11 is 0. The first-order chi connectivity index (χ1) is 17.5. The van der Waals surface area contributed by atoms with E-state index >= 15 is 0 Å². The van der Waals surface area contributed by atoms with E-state index < -0.39 is 4.92 Å². The minimum absolute atomic E-state index is 0.0774. The average Bonchev–Trinajstić information content (AvgIpc) is 2.86. The summed E-state index contributed by atoms with van der Waals surface area (Å²) in [5.74, 6) is 0.223. The Bertz CT molecular complexity index is 935. The highest BCUT2D eigenvalue weighted by Crippen LogP contribution is 2.31. The number of unbranched alkanes of at least 4 members (excludes halogenated alkanes) is 13. The fraction of sp³-hybridized carbons (Fsp3) is 0.607. The Hall–Kier alpha value is -3.03. The monoisotopic (exact) mass is 497 g/mol. The van der Waals surface area contributed by atoms with E-state index in [1.165, 1.54) is 90.3 Å². The predicted octanol–water partition coefficient (Wildman–Crippen LogP) is 8.22. The number of nitrogens with one attached hydrogen (secondary N) is 2. The zero-order valence-corrected chi connectivity index (χ0v) is 22.1. The van der Waals surface area contributed by atoms with E-state index in [0.717, 1.165) is 12.8 Å². The number of nitrogens with zero attached hydrogens (tertiary/aromatic N) is 3. The number of benzene rings is 1. The minimum atomic E-state index is -0.481. The van der Waals surface area contributed by atoms with Crippen LogP contribution in [0.25, 0.3) is 0 Å². The SMILES string of the molecule is CCCCCCCCCCCCCCCCNc1ncnc(Nc2cccc(C(C)=O)c2)c1[N+](=O)[O-]. The van der Waals surface area contributed by atoms with Gasteiger partial charge in [-0.05, 0) is 25.5 Å². The summed E-state index contributed by atoms with van der Waals surface area (Å²) in [5.41, 5.74) is 0.881. The molecule has 8 nitrogen and oxygen atoms in total. The number of hydrogen-bond donors (Lipinski definition) is 2. The summed E-state index contributed by atoms with van der Waals surface area (Å²) in [6, 6.07) is 6.81. The van der Waals surface area contributed by atoms with Gasteiger partial charge in [0.2, 0.25) is 11.6 Å². The number of aromatic nitrogens is 2. The van der Waals surface area contributed by atoms with Gasteiger partial charge in [0.1, 0.15) is 6.33 Å². The van der Waals surface area contributed by atoms with Gasteiger partial charge < -0.3 is 10.6 Å². The maximum atomic E-state index is 11.8. The predicted molar refractivity (Wildman–Crippen MR) is 147 cm³/mol. The molecule has 0 saturated carbocycles. The maximum Gasteiger partial charge on any atom is 0.353 e. The molecule has 2 rings (SSSR count). The number of carbonyl (C=O) groups excluding carboxylic acids is 1. The number of rotatable bonds is 20. The molecule has 36 heavy (non-hydrogen) atoms. The molecule has 2 N–H and O–H groups in total. The Morgan fingerprint density at radius 1 is 0.861 bits per heavy atom.